The minimum atomic E-state index is -0.0376. The number of aryl methyl sites for hydroxylation is 1. The zero-order valence-electron chi connectivity index (χ0n) is 12.6. The van der Waals surface area contributed by atoms with Crippen LogP contribution in [0, 0.1) is 0 Å². The Morgan fingerprint density at radius 2 is 1.85 bits per heavy atom. The molecule has 0 aliphatic heterocycles. The van der Waals surface area contributed by atoms with Crippen LogP contribution in [0.3, 0.4) is 0 Å². The lowest BCUT2D eigenvalue weighted by Crippen LogP contribution is -2.16. The number of methoxy groups -OCH3 is 2. The predicted octanol–water partition coefficient (Wildman–Crippen LogP) is 2.87. The van der Waals surface area contributed by atoms with Gasteiger partial charge < -0.3 is 19.8 Å². The van der Waals surface area contributed by atoms with Crippen molar-refractivity contribution in [2.45, 2.75) is 39.3 Å². The predicted molar refractivity (Wildman–Crippen MR) is 80.3 cm³/mol. The Labute approximate surface area is 119 Å². The summed E-state index contributed by atoms with van der Waals surface area (Å²) in [6.07, 6.45) is 1.97. The Kier molecular flexibility index (Phi) is 4.49. The van der Waals surface area contributed by atoms with Gasteiger partial charge in [0.15, 0.2) is 11.5 Å². The molecule has 1 unspecified atom stereocenters. The van der Waals surface area contributed by atoms with Gasteiger partial charge in [-0.15, -0.1) is 0 Å². The molecule has 5 nitrogen and oxygen atoms in total. The molecular formula is C15H23N3O2. The first-order chi connectivity index (χ1) is 9.65. The molecule has 1 atom stereocenters. The van der Waals surface area contributed by atoms with Crippen LogP contribution >= 0.6 is 0 Å². The second kappa shape index (κ2) is 6.13. The van der Waals surface area contributed by atoms with Gasteiger partial charge in [-0.3, -0.25) is 0 Å². The summed E-state index contributed by atoms with van der Waals surface area (Å²) in [5, 5.41) is 0. The Hall–Kier alpha value is -1.75. The standard InChI is InChI=1S/C15H23N3O2/c1-5-7-10(16)15-17-11-8-13(19-3)14(20-4)9-12(11)18(15)6-2/h8-10H,5-7,16H2,1-4H3. The second-order valence-corrected chi connectivity index (χ2v) is 4.81. The number of ether oxygens (including phenoxy) is 2. The van der Waals surface area contributed by atoms with E-state index in [1.54, 1.807) is 14.2 Å². The van der Waals surface area contributed by atoms with Crippen molar-refractivity contribution >= 4 is 11.0 Å². The molecule has 0 bridgehead atoms. The minimum absolute atomic E-state index is 0.0376. The number of rotatable bonds is 6. The van der Waals surface area contributed by atoms with E-state index in [0.717, 1.165) is 36.2 Å². The lowest BCUT2D eigenvalue weighted by atomic mass is 10.2. The van der Waals surface area contributed by atoms with Gasteiger partial charge in [0, 0.05) is 18.7 Å². The molecule has 1 aromatic carbocycles. The molecule has 0 spiro atoms. The summed E-state index contributed by atoms with van der Waals surface area (Å²) >= 11 is 0. The Balaban J connectivity index is 2.61. The average Bonchev–Trinajstić information content (AvgIpc) is 2.83. The first-order valence-corrected chi connectivity index (χ1v) is 7.03. The fourth-order valence-corrected chi connectivity index (χ4v) is 2.53. The summed E-state index contributed by atoms with van der Waals surface area (Å²) in [4.78, 5) is 4.69. The molecule has 2 rings (SSSR count). The topological polar surface area (TPSA) is 62.3 Å². The van der Waals surface area contributed by atoms with Crippen LogP contribution in [-0.2, 0) is 6.54 Å². The molecule has 0 aliphatic carbocycles. The lowest BCUT2D eigenvalue weighted by molar-refractivity contribution is 0.355. The maximum Gasteiger partial charge on any atom is 0.163 e. The smallest absolute Gasteiger partial charge is 0.163 e. The lowest BCUT2D eigenvalue weighted by Gasteiger charge is -2.12. The van der Waals surface area contributed by atoms with Crippen LogP contribution in [0.4, 0.5) is 0 Å². The van der Waals surface area contributed by atoms with Crippen LogP contribution in [0.1, 0.15) is 38.6 Å². The van der Waals surface area contributed by atoms with Gasteiger partial charge in [-0.25, -0.2) is 4.98 Å². The number of nitrogens with two attached hydrogens (primary N) is 1. The Bertz CT molecular complexity index is 592. The molecule has 2 aromatic rings. The van der Waals surface area contributed by atoms with Crippen LogP contribution in [0.15, 0.2) is 12.1 Å². The van der Waals surface area contributed by atoms with Gasteiger partial charge in [0.2, 0.25) is 0 Å². The molecule has 0 amide bonds. The van der Waals surface area contributed by atoms with E-state index in [2.05, 4.69) is 23.4 Å². The molecular weight excluding hydrogens is 254 g/mol. The van der Waals surface area contributed by atoms with Crippen LogP contribution in [-0.4, -0.2) is 23.8 Å². The quantitative estimate of drug-likeness (QED) is 0.882. The maximum absolute atomic E-state index is 6.24. The van der Waals surface area contributed by atoms with E-state index >= 15 is 0 Å². The summed E-state index contributed by atoms with van der Waals surface area (Å²) in [5.41, 5.74) is 8.17. The van der Waals surface area contributed by atoms with E-state index < -0.39 is 0 Å². The number of fused-ring (bicyclic) bond motifs is 1. The van der Waals surface area contributed by atoms with Crippen molar-refractivity contribution in [3.63, 3.8) is 0 Å². The van der Waals surface area contributed by atoms with Crippen molar-refractivity contribution in [2.75, 3.05) is 14.2 Å². The van der Waals surface area contributed by atoms with E-state index in [1.165, 1.54) is 0 Å². The van der Waals surface area contributed by atoms with E-state index in [-0.39, 0.29) is 6.04 Å². The number of imidazole rings is 1. The van der Waals surface area contributed by atoms with E-state index in [4.69, 9.17) is 15.2 Å². The highest BCUT2D eigenvalue weighted by atomic mass is 16.5. The van der Waals surface area contributed by atoms with Crippen molar-refractivity contribution in [2.24, 2.45) is 5.73 Å². The van der Waals surface area contributed by atoms with Crippen molar-refractivity contribution in [3.8, 4) is 11.5 Å². The fraction of sp³-hybridized carbons (Fsp3) is 0.533. The van der Waals surface area contributed by atoms with Crippen LogP contribution in [0.5, 0.6) is 11.5 Å². The maximum atomic E-state index is 6.24. The van der Waals surface area contributed by atoms with Crippen molar-refractivity contribution in [1.82, 2.24) is 9.55 Å². The first-order valence-electron chi connectivity index (χ1n) is 7.03. The number of hydrogen-bond donors (Lipinski definition) is 1. The first kappa shape index (κ1) is 14.7. The molecule has 0 aliphatic rings. The monoisotopic (exact) mass is 277 g/mol. The van der Waals surface area contributed by atoms with Gasteiger partial charge in [-0.1, -0.05) is 13.3 Å². The minimum Gasteiger partial charge on any atom is -0.493 e. The number of aromatic nitrogens is 2. The summed E-state index contributed by atoms with van der Waals surface area (Å²) < 4.78 is 12.8. The van der Waals surface area contributed by atoms with Gasteiger partial charge in [0.25, 0.3) is 0 Å². The molecule has 0 saturated heterocycles. The molecule has 1 heterocycles. The van der Waals surface area contributed by atoms with Gasteiger partial charge in [0.1, 0.15) is 5.82 Å². The highest BCUT2D eigenvalue weighted by molar-refractivity contribution is 5.80. The SMILES string of the molecule is CCCC(N)c1nc2cc(OC)c(OC)cc2n1CC. The summed E-state index contributed by atoms with van der Waals surface area (Å²) in [6.45, 7) is 5.06. The second-order valence-electron chi connectivity index (χ2n) is 4.81. The number of hydrogen-bond acceptors (Lipinski definition) is 4. The third-order valence-corrected chi connectivity index (χ3v) is 3.53. The van der Waals surface area contributed by atoms with Crippen LogP contribution in [0.2, 0.25) is 0 Å². The highest BCUT2D eigenvalue weighted by Crippen LogP contribution is 2.33. The van der Waals surface area contributed by atoms with E-state index in [1.807, 2.05) is 12.1 Å². The molecule has 1 aromatic heterocycles. The van der Waals surface area contributed by atoms with Gasteiger partial charge >= 0.3 is 0 Å². The highest BCUT2D eigenvalue weighted by Gasteiger charge is 2.18. The van der Waals surface area contributed by atoms with Crippen molar-refractivity contribution in [1.29, 1.82) is 0 Å². The van der Waals surface area contributed by atoms with Crippen LogP contribution in [0.25, 0.3) is 11.0 Å². The van der Waals surface area contributed by atoms with E-state index in [9.17, 15) is 0 Å². The zero-order chi connectivity index (χ0) is 14.7. The molecule has 0 saturated carbocycles. The van der Waals surface area contributed by atoms with Crippen LogP contribution < -0.4 is 15.2 Å². The van der Waals surface area contributed by atoms with Crippen molar-refractivity contribution < 1.29 is 9.47 Å². The molecule has 110 valence electrons. The Morgan fingerprint density at radius 3 is 2.40 bits per heavy atom. The van der Waals surface area contributed by atoms with E-state index in [0.29, 0.717) is 11.5 Å². The zero-order valence-corrected chi connectivity index (χ0v) is 12.6. The molecule has 5 heteroatoms. The third-order valence-electron chi connectivity index (χ3n) is 3.53. The molecule has 2 N–H and O–H groups in total. The van der Waals surface area contributed by atoms with Gasteiger partial charge in [0.05, 0.1) is 31.3 Å². The Morgan fingerprint density at radius 1 is 1.20 bits per heavy atom. The fourth-order valence-electron chi connectivity index (χ4n) is 2.53. The van der Waals surface area contributed by atoms with Gasteiger partial charge in [-0.2, -0.15) is 0 Å². The van der Waals surface area contributed by atoms with Gasteiger partial charge in [-0.05, 0) is 13.3 Å². The third kappa shape index (κ3) is 2.45. The summed E-state index contributed by atoms with van der Waals surface area (Å²) in [5.74, 6) is 2.33. The normalized spacial score (nSPS) is 12.7. The van der Waals surface area contributed by atoms with Crippen molar-refractivity contribution in [3.05, 3.63) is 18.0 Å². The largest absolute Gasteiger partial charge is 0.493 e. The molecule has 0 radical (unpaired) electrons. The molecule has 20 heavy (non-hydrogen) atoms. The summed E-state index contributed by atoms with van der Waals surface area (Å²) in [7, 11) is 3.27. The average molecular weight is 277 g/mol. The summed E-state index contributed by atoms with van der Waals surface area (Å²) in [6, 6.07) is 3.83. The number of nitrogens with zero attached hydrogens (tertiary/aromatic N) is 2. The number of benzene rings is 1. The molecule has 0 fully saturated rings.